The van der Waals surface area contributed by atoms with Crippen molar-refractivity contribution in [3.05, 3.63) is 0 Å². The van der Waals surface area contributed by atoms with E-state index in [1.165, 1.54) is 0 Å². The third kappa shape index (κ3) is 9.69. The Morgan fingerprint density at radius 3 is 2.40 bits per heavy atom. The Balaban J connectivity index is 3.72. The third-order valence-electron chi connectivity index (χ3n) is 1.89. The molecule has 0 radical (unpaired) electrons. The number of amides is 1. The Kier molecular flexibility index (Phi) is 5.83. The molecule has 1 atom stereocenters. The summed E-state index contributed by atoms with van der Waals surface area (Å²) in [6, 6.07) is 0. The summed E-state index contributed by atoms with van der Waals surface area (Å²) in [6.07, 6.45) is 0.517. The van der Waals surface area contributed by atoms with E-state index in [1.54, 1.807) is 13.8 Å². The van der Waals surface area contributed by atoms with Crippen LogP contribution >= 0.6 is 0 Å². The van der Waals surface area contributed by atoms with Gasteiger partial charge in [0.05, 0.1) is 6.10 Å². The van der Waals surface area contributed by atoms with Crippen LogP contribution < -0.4 is 11.1 Å². The molecule has 4 N–H and O–H groups in total. The summed E-state index contributed by atoms with van der Waals surface area (Å²) in [7, 11) is 0. The van der Waals surface area contributed by atoms with Crippen molar-refractivity contribution >= 4 is 5.91 Å². The highest BCUT2D eigenvalue weighted by molar-refractivity contribution is 5.77. The van der Waals surface area contributed by atoms with Crippen LogP contribution in [0.15, 0.2) is 0 Å². The molecule has 15 heavy (non-hydrogen) atoms. The van der Waals surface area contributed by atoms with Gasteiger partial charge in [-0.15, -0.1) is 0 Å². The number of nitrogens with two attached hydrogens (primary N) is 1. The molecule has 0 bridgehead atoms. The SMILES string of the molecule is CC(C)CC(O)CNC(=O)CC(C)(C)N. The van der Waals surface area contributed by atoms with E-state index in [4.69, 9.17) is 5.73 Å². The number of aliphatic hydroxyl groups excluding tert-OH is 1. The second-order valence-electron chi connectivity index (χ2n) is 5.25. The van der Waals surface area contributed by atoms with E-state index in [2.05, 4.69) is 5.32 Å². The van der Waals surface area contributed by atoms with Crippen molar-refractivity contribution in [2.45, 2.75) is 52.2 Å². The van der Waals surface area contributed by atoms with Gasteiger partial charge in [0.25, 0.3) is 0 Å². The molecule has 1 unspecified atom stereocenters. The normalized spacial score (nSPS) is 14.1. The van der Waals surface area contributed by atoms with Gasteiger partial charge in [-0.05, 0) is 26.2 Å². The summed E-state index contributed by atoms with van der Waals surface area (Å²) in [5.74, 6) is 0.327. The van der Waals surface area contributed by atoms with Crippen LogP contribution in [0.2, 0.25) is 0 Å². The smallest absolute Gasteiger partial charge is 0.221 e. The van der Waals surface area contributed by atoms with Crippen LogP contribution in [0.1, 0.15) is 40.5 Å². The van der Waals surface area contributed by atoms with Gasteiger partial charge < -0.3 is 16.2 Å². The van der Waals surface area contributed by atoms with E-state index in [0.29, 0.717) is 18.9 Å². The minimum atomic E-state index is -0.493. The third-order valence-corrected chi connectivity index (χ3v) is 1.89. The highest BCUT2D eigenvalue weighted by Crippen LogP contribution is 2.05. The van der Waals surface area contributed by atoms with Gasteiger partial charge in [0.2, 0.25) is 5.91 Å². The fraction of sp³-hybridized carbons (Fsp3) is 0.909. The van der Waals surface area contributed by atoms with Crippen molar-refractivity contribution in [3.8, 4) is 0 Å². The van der Waals surface area contributed by atoms with E-state index >= 15 is 0 Å². The Morgan fingerprint density at radius 1 is 1.47 bits per heavy atom. The van der Waals surface area contributed by atoms with Gasteiger partial charge in [-0.3, -0.25) is 4.79 Å². The maximum absolute atomic E-state index is 11.3. The largest absolute Gasteiger partial charge is 0.391 e. The summed E-state index contributed by atoms with van der Waals surface area (Å²) < 4.78 is 0. The summed E-state index contributed by atoms with van der Waals surface area (Å²) in [6.45, 7) is 7.99. The molecule has 0 saturated carbocycles. The van der Waals surface area contributed by atoms with Crippen molar-refractivity contribution in [1.29, 1.82) is 0 Å². The zero-order valence-corrected chi connectivity index (χ0v) is 10.2. The molecule has 4 nitrogen and oxygen atoms in total. The molecule has 0 aromatic heterocycles. The first-order chi connectivity index (χ1) is 6.70. The van der Waals surface area contributed by atoms with Crippen LogP contribution in [0.3, 0.4) is 0 Å². The molecule has 0 aliphatic carbocycles. The van der Waals surface area contributed by atoms with Crippen molar-refractivity contribution in [2.24, 2.45) is 11.7 Å². The van der Waals surface area contributed by atoms with Gasteiger partial charge in [-0.2, -0.15) is 0 Å². The highest BCUT2D eigenvalue weighted by atomic mass is 16.3. The fourth-order valence-corrected chi connectivity index (χ4v) is 1.34. The second-order valence-corrected chi connectivity index (χ2v) is 5.25. The van der Waals surface area contributed by atoms with Crippen LogP contribution in [-0.2, 0) is 4.79 Å². The molecule has 0 heterocycles. The molecule has 0 aliphatic rings. The number of hydrogen-bond donors (Lipinski definition) is 3. The van der Waals surface area contributed by atoms with Crippen LogP contribution in [-0.4, -0.2) is 29.2 Å². The molecule has 1 amide bonds. The van der Waals surface area contributed by atoms with Crippen molar-refractivity contribution in [1.82, 2.24) is 5.32 Å². The van der Waals surface area contributed by atoms with E-state index in [-0.39, 0.29) is 12.3 Å². The lowest BCUT2D eigenvalue weighted by Crippen LogP contribution is -2.41. The first-order valence-corrected chi connectivity index (χ1v) is 5.44. The summed E-state index contributed by atoms with van der Waals surface area (Å²) in [5, 5.41) is 12.2. The maximum Gasteiger partial charge on any atom is 0.221 e. The molecule has 90 valence electrons. The van der Waals surface area contributed by atoms with Crippen LogP contribution in [0.5, 0.6) is 0 Å². The first-order valence-electron chi connectivity index (χ1n) is 5.44. The van der Waals surface area contributed by atoms with Gasteiger partial charge in [0.1, 0.15) is 0 Å². The zero-order valence-electron chi connectivity index (χ0n) is 10.2. The molecule has 0 spiro atoms. The van der Waals surface area contributed by atoms with Crippen LogP contribution in [0.25, 0.3) is 0 Å². The minimum Gasteiger partial charge on any atom is -0.391 e. The van der Waals surface area contributed by atoms with Gasteiger partial charge in [0, 0.05) is 18.5 Å². The molecule has 0 aromatic carbocycles. The van der Waals surface area contributed by atoms with Crippen LogP contribution in [0.4, 0.5) is 0 Å². The molecule has 4 heteroatoms. The lowest BCUT2D eigenvalue weighted by molar-refractivity contribution is -0.122. The number of hydrogen-bond acceptors (Lipinski definition) is 3. The number of rotatable bonds is 6. The molecule has 0 aromatic rings. The number of carbonyl (C=O) groups is 1. The summed E-state index contributed by atoms with van der Waals surface area (Å²) in [5.41, 5.74) is 5.21. The van der Waals surface area contributed by atoms with Gasteiger partial charge >= 0.3 is 0 Å². The molecule has 0 aliphatic heterocycles. The molecule has 0 rings (SSSR count). The Labute approximate surface area is 92.2 Å². The number of nitrogens with one attached hydrogen (secondary N) is 1. The quantitative estimate of drug-likeness (QED) is 0.610. The van der Waals surface area contributed by atoms with E-state index in [1.807, 2.05) is 13.8 Å². The first kappa shape index (κ1) is 14.4. The lowest BCUT2D eigenvalue weighted by atomic mass is 10.0. The number of aliphatic hydroxyl groups is 1. The predicted octanol–water partition coefficient (Wildman–Crippen LogP) is 0.637. The topological polar surface area (TPSA) is 75.3 Å². The Bertz CT molecular complexity index is 197. The van der Waals surface area contributed by atoms with E-state index in [0.717, 1.165) is 0 Å². The van der Waals surface area contributed by atoms with Crippen molar-refractivity contribution in [3.63, 3.8) is 0 Å². The van der Waals surface area contributed by atoms with E-state index < -0.39 is 11.6 Å². The fourth-order valence-electron chi connectivity index (χ4n) is 1.34. The average Bonchev–Trinajstić information content (AvgIpc) is 1.96. The molecule has 0 saturated heterocycles. The van der Waals surface area contributed by atoms with Gasteiger partial charge in [0.15, 0.2) is 0 Å². The minimum absolute atomic E-state index is 0.106. The zero-order chi connectivity index (χ0) is 12.1. The van der Waals surface area contributed by atoms with E-state index in [9.17, 15) is 9.90 Å². The van der Waals surface area contributed by atoms with Gasteiger partial charge in [-0.25, -0.2) is 0 Å². The van der Waals surface area contributed by atoms with Crippen molar-refractivity contribution in [2.75, 3.05) is 6.54 Å². The second kappa shape index (κ2) is 6.08. The maximum atomic E-state index is 11.3. The summed E-state index contributed by atoms with van der Waals surface area (Å²) in [4.78, 5) is 11.3. The Hall–Kier alpha value is -0.610. The molecular formula is C11H24N2O2. The number of carbonyl (C=O) groups excluding carboxylic acids is 1. The van der Waals surface area contributed by atoms with Crippen LogP contribution in [0, 0.1) is 5.92 Å². The predicted molar refractivity (Wildman–Crippen MR) is 61.4 cm³/mol. The monoisotopic (exact) mass is 216 g/mol. The lowest BCUT2D eigenvalue weighted by Gasteiger charge is -2.19. The van der Waals surface area contributed by atoms with Crippen molar-refractivity contribution < 1.29 is 9.90 Å². The highest BCUT2D eigenvalue weighted by Gasteiger charge is 2.16. The Morgan fingerprint density at radius 2 is 2.00 bits per heavy atom. The molecular weight excluding hydrogens is 192 g/mol. The summed E-state index contributed by atoms with van der Waals surface area (Å²) >= 11 is 0. The standard InChI is InChI=1S/C11H24N2O2/c1-8(2)5-9(14)7-13-10(15)6-11(3,4)12/h8-9,14H,5-7,12H2,1-4H3,(H,13,15). The van der Waals surface area contributed by atoms with Gasteiger partial charge in [-0.1, -0.05) is 13.8 Å². The average molecular weight is 216 g/mol. The molecule has 0 fully saturated rings.